The fourth-order valence-electron chi connectivity index (χ4n) is 0.568. The van der Waals surface area contributed by atoms with Gasteiger partial charge >= 0.3 is 0 Å². The van der Waals surface area contributed by atoms with Crippen molar-refractivity contribution in [2.75, 3.05) is 0 Å². The molecule has 2 N–H and O–H groups in total. The van der Waals surface area contributed by atoms with Gasteiger partial charge in [0.05, 0.1) is 0 Å². The van der Waals surface area contributed by atoms with E-state index in [1.165, 1.54) is 0 Å². The molecule has 0 radical (unpaired) electrons. The molecule has 0 heterocycles. The standard InChI is InChI=1S/C7H15NO.ClH/c1-5(2)7(8)4-6(3)9;/h5,7H,4,8H2,1-3H3;1H. The van der Waals surface area contributed by atoms with Gasteiger partial charge in [-0.1, -0.05) is 13.8 Å². The zero-order valence-corrected chi connectivity index (χ0v) is 7.57. The predicted molar refractivity (Wildman–Crippen MR) is 45.4 cm³/mol. The minimum atomic E-state index is 0. The third-order valence-corrected chi connectivity index (χ3v) is 1.38. The van der Waals surface area contributed by atoms with Gasteiger partial charge in [0.15, 0.2) is 0 Å². The monoisotopic (exact) mass is 165 g/mol. The molecule has 2 nitrogen and oxygen atoms in total. The molecule has 0 aliphatic carbocycles. The Morgan fingerprint density at radius 2 is 1.90 bits per heavy atom. The SMILES string of the molecule is CC(=O)CC(N)C(C)C.Cl. The second-order valence-electron chi connectivity index (χ2n) is 2.81. The summed E-state index contributed by atoms with van der Waals surface area (Å²) in [4.78, 5) is 10.5. The smallest absolute Gasteiger partial charge is 0.131 e. The Bertz CT molecular complexity index is 104. The molecule has 0 aromatic heterocycles. The van der Waals surface area contributed by atoms with Crippen molar-refractivity contribution < 1.29 is 4.79 Å². The van der Waals surface area contributed by atoms with E-state index in [1.807, 2.05) is 13.8 Å². The van der Waals surface area contributed by atoms with E-state index in [4.69, 9.17) is 5.73 Å². The first-order valence-corrected chi connectivity index (χ1v) is 3.29. The van der Waals surface area contributed by atoms with Crippen molar-refractivity contribution in [3.63, 3.8) is 0 Å². The zero-order valence-electron chi connectivity index (χ0n) is 6.76. The molecule has 0 amide bonds. The highest BCUT2D eigenvalue weighted by Crippen LogP contribution is 2.02. The van der Waals surface area contributed by atoms with Gasteiger partial charge in [0.2, 0.25) is 0 Å². The number of carbonyl (C=O) groups excluding carboxylic acids is 1. The van der Waals surface area contributed by atoms with Crippen molar-refractivity contribution in [1.29, 1.82) is 0 Å². The molecular formula is C7H16ClNO. The second kappa shape index (κ2) is 5.69. The highest BCUT2D eigenvalue weighted by atomic mass is 35.5. The van der Waals surface area contributed by atoms with Crippen LogP contribution in [-0.4, -0.2) is 11.8 Å². The lowest BCUT2D eigenvalue weighted by atomic mass is 10.0. The maximum absolute atomic E-state index is 10.5. The van der Waals surface area contributed by atoms with E-state index >= 15 is 0 Å². The van der Waals surface area contributed by atoms with Crippen molar-refractivity contribution in [3.8, 4) is 0 Å². The Labute approximate surface area is 68.6 Å². The highest BCUT2D eigenvalue weighted by molar-refractivity contribution is 5.85. The summed E-state index contributed by atoms with van der Waals surface area (Å²) in [5, 5.41) is 0. The average molecular weight is 166 g/mol. The molecule has 0 aromatic carbocycles. The number of halogens is 1. The summed E-state index contributed by atoms with van der Waals surface area (Å²) in [7, 11) is 0. The Morgan fingerprint density at radius 3 is 2.00 bits per heavy atom. The van der Waals surface area contributed by atoms with Crippen LogP contribution in [0.2, 0.25) is 0 Å². The zero-order chi connectivity index (χ0) is 7.44. The number of carbonyl (C=O) groups is 1. The van der Waals surface area contributed by atoms with Gasteiger partial charge in [0, 0.05) is 12.5 Å². The normalized spacial score (nSPS) is 12.5. The van der Waals surface area contributed by atoms with Crippen LogP contribution in [0, 0.1) is 5.92 Å². The van der Waals surface area contributed by atoms with Gasteiger partial charge in [-0.2, -0.15) is 0 Å². The minimum Gasteiger partial charge on any atom is -0.327 e. The lowest BCUT2D eigenvalue weighted by Gasteiger charge is -2.12. The van der Waals surface area contributed by atoms with Gasteiger partial charge in [-0.15, -0.1) is 12.4 Å². The molecule has 0 spiro atoms. The number of Topliss-reactive ketones (excluding diaryl/α,β-unsaturated/α-hetero) is 1. The van der Waals surface area contributed by atoms with Gasteiger partial charge in [0.25, 0.3) is 0 Å². The fraction of sp³-hybridized carbons (Fsp3) is 0.857. The van der Waals surface area contributed by atoms with Gasteiger partial charge < -0.3 is 5.73 Å². The topological polar surface area (TPSA) is 43.1 Å². The average Bonchev–Trinajstić information content (AvgIpc) is 1.63. The van der Waals surface area contributed by atoms with Crippen LogP contribution < -0.4 is 5.73 Å². The van der Waals surface area contributed by atoms with E-state index < -0.39 is 0 Å². The Hall–Kier alpha value is -0.0800. The number of hydrogen-bond acceptors (Lipinski definition) is 2. The molecule has 0 aliphatic heterocycles. The molecule has 10 heavy (non-hydrogen) atoms. The van der Waals surface area contributed by atoms with Crippen LogP contribution in [0.5, 0.6) is 0 Å². The molecule has 0 fully saturated rings. The summed E-state index contributed by atoms with van der Waals surface area (Å²) in [6.07, 6.45) is 0.512. The van der Waals surface area contributed by atoms with Crippen LogP contribution in [0.4, 0.5) is 0 Å². The van der Waals surface area contributed by atoms with E-state index in [9.17, 15) is 4.79 Å². The lowest BCUT2D eigenvalue weighted by molar-refractivity contribution is -0.117. The summed E-state index contributed by atoms with van der Waals surface area (Å²) >= 11 is 0. The third kappa shape index (κ3) is 6.05. The Morgan fingerprint density at radius 1 is 1.50 bits per heavy atom. The molecule has 0 rings (SSSR count). The first kappa shape index (κ1) is 12.6. The Balaban J connectivity index is 0. The maximum Gasteiger partial charge on any atom is 0.131 e. The number of nitrogens with two attached hydrogens (primary N) is 1. The third-order valence-electron chi connectivity index (χ3n) is 1.38. The number of rotatable bonds is 3. The summed E-state index contributed by atoms with van der Waals surface area (Å²) < 4.78 is 0. The first-order valence-electron chi connectivity index (χ1n) is 3.29. The molecule has 0 aliphatic rings. The minimum absolute atomic E-state index is 0. The first-order chi connectivity index (χ1) is 4.04. The molecule has 0 saturated carbocycles. The largest absolute Gasteiger partial charge is 0.327 e. The van der Waals surface area contributed by atoms with Gasteiger partial charge in [-0.25, -0.2) is 0 Å². The van der Waals surface area contributed by atoms with E-state index in [0.717, 1.165) is 0 Å². The van der Waals surface area contributed by atoms with Crippen molar-refractivity contribution >= 4 is 18.2 Å². The van der Waals surface area contributed by atoms with Crippen molar-refractivity contribution in [3.05, 3.63) is 0 Å². The van der Waals surface area contributed by atoms with Crippen LogP contribution in [0.1, 0.15) is 27.2 Å². The van der Waals surface area contributed by atoms with Crippen LogP contribution in [0.25, 0.3) is 0 Å². The van der Waals surface area contributed by atoms with Gasteiger partial charge in [-0.05, 0) is 12.8 Å². The Kier molecular flexibility index (Phi) is 7.15. The summed E-state index contributed by atoms with van der Waals surface area (Å²) in [5.41, 5.74) is 5.60. The molecule has 1 unspecified atom stereocenters. The molecule has 1 atom stereocenters. The van der Waals surface area contributed by atoms with Crippen molar-refractivity contribution in [2.24, 2.45) is 11.7 Å². The van der Waals surface area contributed by atoms with E-state index in [2.05, 4.69) is 0 Å². The van der Waals surface area contributed by atoms with Crippen LogP contribution in [0.15, 0.2) is 0 Å². The maximum atomic E-state index is 10.5. The quantitative estimate of drug-likeness (QED) is 0.687. The summed E-state index contributed by atoms with van der Waals surface area (Å²) in [5.74, 6) is 0.588. The van der Waals surface area contributed by atoms with E-state index in [0.29, 0.717) is 12.3 Å². The molecule has 0 bridgehead atoms. The molecule has 0 aromatic rings. The van der Waals surface area contributed by atoms with E-state index in [-0.39, 0.29) is 24.2 Å². The molecule has 3 heteroatoms. The fourth-order valence-corrected chi connectivity index (χ4v) is 0.568. The molecular weight excluding hydrogens is 150 g/mol. The summed E-state index contributed by atoms with van der Waals surface area (Å²) in [6, 6.07) is 0.0440. The van der Waals surface area contributed by atoms with Crippen LogP contribution >= 0.6 is 12.4 Å². The molecule has 62 valence electrons. The predicted octanol–water partition coefficient (Wildman–Crippen LogP) is 1.37. The second-order valence-corrected chi connectivity index (χ2v) is 2.81. The number of hydrogen-bond donors (Lipinski definition) is 1. The van der Waals surface area contributed by atoms with E-state index in [1.54, 1.807) is 6.92 Å². The lowest BCUT2D eigenvalue weighted by Crippen LogP contribution is -2.28. The van der Waals surface area contributed by atoms with Gasteiger partial charge in [-0.3, -0.25) is 4.79 Å². The number of ketones is 1. The molecule has 0 saturated heterocycles. The van der Waals surface area contributed by atoms with Crippen LogP contribution in [-0.2, 0) is 4.79 Å². The summed E-state index contributed by atoms with van der Waals surface area (Å²) in [6.45, 7) is 5.61. The van der Waals surface area contributed by atoms with Crippen molar-refractivity contribution in [1.82, 2.24) is 0 Å². The van der Waals surface area contributed by atoms with Crippen LogP contribution in [0.3, 0.4) is 0 Å². The van der Waals surface area contributed by atoms with Gasteiger partial charge in [0.1, 0.15) is 5.78 Å². The van der Waals surface area contributed by atoms with Crippen molar-refractivity contribution in [2.45, 2.75) is 33.2 Å². The highest BCUT2D eigenvalue weighted by Gasteiger charge is 2.08.